The molecule has 50 heavy (non-hydrogen) atoms. The third-order valence-electron chi connectivity index (χ3n) is 8.94. The monoisotopic (exact) mass is 678 g/mol. The van der Waals surface area contributed by atoms with Crippen LogP contribution < -0.4 is 19.5 Å². The molecule has 0 radical (unpaired) electrons. The van der Waals surface area contributed by atoms with Crippen molar-refractivity contribution >= 4 is 11.6 Å². The van der Waals surface area contributed by atoms with Crippen molar-refractivity contribution in [1.82, 2.24) is 4.57 Å². The number of carbonyl (C=O) groups excluding carboxylic acids is 1. The molecule has 0 bridgehead atoms. The maximum absolute atomic E-state index is 14.4. The van der Waals surface area contributed by atoms with Gasteiger partial charge in [0.05, 0.1) is 37.7 Å². The van der Waals surface area contributed by atoms with Crippen molar-refractivity contribution in [2.24, 2.45) is 0 Å². The second kappa shape index (κ2) is 15.6. The molecule has 0 spiro atoms. The van der Waals surface area contributed by atoms with Crippen LogP contribution in [0.2, 0.25) is 0 Å². The van der Waals surface area contributed by atoms with Gasteiger partial charge in [0.1, 0.15) is 11.6 Å². The molecule has 1 aliphatic rings. The average molecular weight is 679 g/mol. The largest absolute Gasteiger partial charge is 0.497 e. The number of methoxy groups -OCH3 is 2. The Kier molecular flexibility index (Phi) is 10.8. The number of anilines is 1. The van der Waals surface area contributed by atoms with E-state index in [1.165, 1.54) is 12.1 Å². The lowest BCUT2D eigenvalue weighted by Crippen LogP contribution is -2.39. The van der Waals surface area contributed by atoms with E-state index in [-0.39, 0.29) is 23.7 Å². The van der Waals surface area contributed by atoms with E-state index in [1.54, 1.807) is 44.6 Å². The molecule has 2 heterocycles. The number of hydrogen-bond donors (Lipinski definition) is 2. The van der Waals surface area contributed by atoms with Gasteiger partial charge in [0.15, 0.2) is 11.5 Å². The number of ether oxygens (including phenoxy) is 4. The quantitative estimate of drug-likeness (QED) is 0.137. The fraction of sp³-hybridized carbons (Fsp3) is 0.293. The molecule has 8 nitrogen and oxygen atoms in total. The van der Waals surface area contributed by atoms with Gasteiger partial charge >= 0.3 is 0 Å². The van der Waals surface area contributed by atoms with Crippen LogP contribution in [0.25, 0.3) is 22.4 Å². The minimum absolute atomic E-state index is 0.0559. The zero-order valence-electron chi connectivity index (χ0n) is 28.8. The molecular formula is C41H43FN2O6. The number of carbonyl (C=O) groups is 1. The highest BCUT2D eigenvalue weighted by Gasteiger charge is 2.33. The molecule has 260 valence electrons. The van der Waals surface area contributed by atoms with Gasteiger partial charge in [-0.2, -0.15) is 0 Å². The van der Waals surface area contributed by atoms with E-state index in [4.69, 9.17) is 18.9 Å². The number of aliphatic hydroxyl groups excluding tert-OH is 1. The lowest BCUT2D eigenvalue weighted by Gasteiger charge is -2.34. The third kappa shape index (κ3) is 7.69. The van der Waals surface area contributed by atoms with Gasteiger partial charge in [0.2, 0.25) is 6.29 Å². The molecule has 0 saturated carbocycles. The van der Waals surface area contributed by atoms with Crippen molar-refractivity contribution in [3.8, 4) is 39.6 Å². The van der Waals surface area contributed by atoms with E-state index >= 15 is 0 Å². The van der Waals surface area contributed by atoms with Gasteiger partial charge in [-0.15, -0.1) is 0 Å². The summed E-state index contributed by atoms with van der Waals surface area (Å²) in [5, 5.41) is 14.1. The third-order valence-corrected chi connectivity index (χ3v) is 8.94. The van der Waals surface area contributed by atoms with Crippen LogP contribution in [-0.4, -0.2) is 48.3 Å². The summed E-state index contributed by atoms with van der Waals surface area (Å²) in [7, 11) is 3.14. The Morgan fingerprint density at radius 3 is 2.26 bits per heavy atom. The van der Waals surface area contributed by atoms with Crippen LogP contribution in [0.3, 0.4) is 0 Å². The molecule has 4 aromatic carbocycles. The van der Waals surface area contributed by atoms with Crippen molar-refractivity contribution in [3.05, 3.63) is 120 Å². The van der Waals surface area contributed by atoms with Gasteiger partial charge < -0.3 is 33.9 Å². The van der Waals surface area contributed by atoms with Crippen molar-refractivity contribution in [1.29, 1.82) is 0 Å². The Morgan fingerprint density at radius 2 is 1.60 bits per heavy atom. The van der Waals surface area contributed by atoms with Crippen molar-refractivity contribution in [3.63, 3.8) is 0 Å². The number of rotatable bonds is 12. The van der Waals surface area contributed by atoms with Crippen LogP contribution in [0.5, 0.6) is 17.2 Å². The van der Waals surface area contributed by atoms with Crippen LogP contribution >= 0.6 is 0 Å². The van der Waals surface area contributed by atoms with Crippen LogP contribution in [0.1, 0.15) is 55.1 Å². The van der Waals surface area contributed by atoms with Gasteiger partial charge in [-0.3, -0.25) is 4.79 Å². The summed E-state index contributed by atoms with van der Waals surface area (Å²) in [6, 6.07) is 30.9. The number of aliphatic hydroxyl groups is 1. The summed E-state index contributed by atoms with van der Waals surface area (Å²) in [5.74, 6) is 0.985. The SMILES string of the molecule is COc1ccc(OC2CC(O)C[C@@H](CCn3c(-c4ccc(F)cc4)c(-c4ccccc4)c(C(=O)Nc4ccccc4)c3C(C)C)O2)c(OC)c1. The van der Waals surface area contributed by atoms with E-state index in [9.17, 15) is 14.3 Å². The lowest BCUT2D eigenvalue weighted by atomic mass is 9.94. The summed E-state index contributed by atoms with van der Waals surface area (Å²) in [6.07, 6.45) is -0.442. The summed E-state index contributed by atoms with van der Waals surface area (Å²) >= 11 is 0. The number of nitrogens with zero attached hydrogens (tertiary/aromatic N) is 1. The fourth-order valence-corrected chi connectivity index (χ4v) is 6.70. The van der Waals surface area contributed by atoms with E-state index in [0.717, 1.165) is 28.1 Å². The number of benzene rings is 4. The normalized spacial score (nSPS) is 17.4. The highest BCUT2D eigenvalue weighted by Crippen LogP contribution is 2.43. The highest BCUT2D eigenvalue weighted by molar-refractivity contribution is 6.12. The molecule has 1 saturated heterocycles. The van der Waals surface area contributed by atoms with E-state index < -0.39 is 12.4 Å². The van der Waals surface area contributed by atoms with E-state index in [0.29, 0.717) is 54.3 Å². The number of nitrogens with one attached hydrogen (secondary N) is 1. The van der Waals surface area contributed by atoms with Gasteiger partial charge in [0, 0.05) is 36.0 Å². The Balaban J connectivity index is 1.39. The average Bonchev–Trinajstić information content (AvgIpc) is 3.47. The van der Waals surface area contributed by atoms with E-state index in [2.05, 4.69) is 23.7 Å². The first-order valence-corrected chi connectivity index (χ1v) is 16.9. The van der Waals surface area contributed by atoms with Crippen molar-refractivity contribution in [2.75, 3.05) is 19.5 Å². The molecule has 2 unspecified atom stereocenters. The smallest absolute Gasteiger partial charge is 0.258 e. The zero-order chi connectivity index (χ0) is 35.2. The van der Waals surface area contributed by atoms with Crippen LogP contribution in [0.4, 0.5) is 10.1 Å². The lowest BCUT2D eigenvalue weighted by molar-refractivity contribution is -0.178. The first-order valence-electron chi connectivity index (χ1n) is 16.9. The van der Waals surface area contributed by atoms with Crippen LogP contribution in [0, 0.1) is 5.82 Å². The second-order valence-electron chi connectivity index (χ2n) is 12.7. The van der Waals surface area contributed by atoms with Gasteiger partial charge in [0.25, 0.3) is 5.91 Å². The maximum atomic E-state index is 14.4. The molecule has 1 aliphatic heterocycles. The molecule has 1 aromatic heterocycles. The Morgan fingerprint density at radius 1 is 0.900 bits per heavy atom. The molecule has 1 amide bonds. The number of para-hydroxylation sites is 1. The fourth-order valence-electron chi connectivity index (χ4n) is 6.70. The minimum Gasteiger partial charge on any atom is -0.497 e. The first kappa shape index (κ1) is 34.7. The summed E-state index contributed by atoms with van der Waals surface area (Å²) in [6.45, 7) is 4.61. The topological polar surface area (TPSA) is 91.2 Å². The number of hydrogen-bond acceptors (Lipinski definition) is 6. The predicted molar refractivity (Wildman–Crippen MR) is 192 cm³/mol. The molecule has 6 rings (SSSR count). The summed E-state index contributed by atoms with van der Waals surface area (Å²) in [5.41, 5.74) is 5.33. The molecular weight excluding hydrogens is 635 g/mol. The molecule has 5 aromatic rings. The highest BCUT2D eigenvalue weighted by atomic mass is 19.1. The molecule has 3 atom stereocenters. The Hall–Kier alpha value is -5.12. The molecule has 9 heteroatoms. The number of amides is 1. The van der Waals surface area contributed by atoms with Gasteiger partial charge in [-0.05, 0) is 78.4 Å². The molecule has 1 fully saturated rings. The van der Waals surface area contributed by atoms with Gasteiger partial charge in [-0.25, -0.2) is 4.39 Å². The minimum atomic E-state index is -0.705. The summed E-state index contributed by atoms with van der Waals surface area (Å²) < 4.78 is 39.9. The van der Waals surface area contributed by atoms with Crippen LogP contribution in [-0.2, 0) is 11.3 Å². The number of halogens is 1. The Bertz CT molecular complexity index is 1890. The molecule has 0 aliphatic carbocycles. The van der Waals surface area contributed by atoms with Crippen LogP contribution in [0.15, 0.2) is 103 Å². The number of aromatic nitrogens is 1. The molecule has 2 N–H and O–H groups in total. The zero-order valence-corrected chi connectivity index (χ0v) is 28.8. The first-order chi connectivity index (χ1) is 24.2. The summed E-state index contributed by atoms with van der Waals surface area (Å²) in [4.78, 5) is 14.4. The van der Waals surface area contributed by atoms with Crippen molar-refractivity contribution in [2.45, 2.75) is 64.1 Å². The Labute approximate surface area is 292 Å². The van der Waals surface area contributed by atoms with Crippen molar-refractivity contribution < 1.29 is 33.2 Å². The second-order valence-corrected chi connectivity index (χ2v) is 12.7. The van der Waals surface area contributed by atoms with E-state index in [1.807, 2.05) is 60.7 Å². The van der Waals surface area contributed by atoms with Gasteiger partial charge in [-0.1, -0.05) is 62.4 Å². The standard InChI is InChI=1S/C41H43FN2O6/c1-26(2)39-38(41(46)43-30-13-9-6-10-14-30)37(27-11-7-5-8-12-27)40(28-15-17-29(42)18-16-28)44(39)22-21-33-23-31(45)24-36(49-33)50-34-20-19-32(47-3)25-35(34)48-4/h5-20,25-26,31,33,36,45H,21-24H2,1-4H3,(H,43,46)/t31?,33-,36?/m1/s1. The predicted octanol–water partition coefficient (Wildman–Crippen LogP) is 8.69. The maximum Gasteiger partial charge on any atom is 0.258 e.